The van der Waals surface area contributed by atoms with E-state index in [2.05, 4.69) is 0 Å². The summed E-state index contributed by atoms with van der Waals surface area (Å²) >= 11 is 0. The van der Waals surface area contributed by atoms with Gasteiger partial charge in [-0.2, -0.15) is 0 Å². The summed E-state index contributed by atoms with van der Waals surface area (Å²) in [5.41, 5.74) is 5.02. The lowest BCUT2D eigenvalue weighted by Crippen LogP contribution is -2.53. The van der Waals surface area contributed by atoms with E-state index in [9.17, 15) is 20.4 Å². The van der Waals surface area contributed by atoms with E-state index in [1.807, 2.05) is 0 Å². The molecule has 6 atom stereocenters. The third kappa shape index (κ3) is 3.92. The van der Waals surface area contributed by atoms with Gasteiger partial charge in [-0.25, -0.2) is 0 Å². The fourth-order valence-electron chi connectivity index (χ4n) is 1.11. The minimum Gasteiger partial charge on any atom is -0.394 e. The SMILES string of the molecule is NC[C@H](O)[C@H](O)[C@H](O)[C@@H](O)[C@H](O)[C@@H](O)CO. The van der Waals surface area contributed by atoms with E-state index in [0.717, 1.165) is 0 Å². The van der Waals surface area contributed by atoms with Crippen molar-refractivity contribution in [2.75, 3.05) is 13.2 Å². The summed E-state index contributed by atoms with van der Waals surface area (Å²) in [6, 6.07) is 0. The van der Waals surface area contributed by atoms with Crippen molar-refractivity contribution in [2.45, 2.75) is 36.6 Å². The number of nitrogens with two attached hydrogens (primary N) is 1. The third-order valence-electron chi connectivity index (χ3n) is 2.27. The van der Waals surface area contributed by atoms with Gasteiger partial charge in [0, 0.05) is 6.54 Å². The minimum absolute atomic E-state index is 0.344. The molecule has 0 rings (SSSR count). The average molecular weight is 241 g/mol. The smallest absolute Gasteiger partial charge is 0.111 e. The van der Waals surface area contributed by atoms with Gasteiger partial charge in [0.1, 0.15) is 30.5 Å². The van der Waals surface area contributed by atoms with Gasteiger partial charge < -0.3 is 41.5 Å². The van der Waals surface area contributed by atoms with Crippen LogP contribution in [-0.4, -0.2) is 85.5 Å². The maximum Gasteiger partial charge on any atom is 0.111 e. The van der Waals surface area contributed by atoms with Crippen molar-refractivity contribution in [3.05, 3.63) is 0 Å². The predicted octanol–water partition coefficient (Wildman–Crippen LogP) is -4.90. The maximum atomic E-state index is 9.33. The number of rotatable bonds is 7. The van der Waals surface area contributed by atoms with Crippen LogP contribution >= 0.6 is 0 Å². The van der Waals surface area contributed by atoms with Crippen LogP contribution in [0.1, 0.15) is 0 Å². The van der Waals surface area contributed by atoms with Crippen LogP contribution in [0.2, 0.25) is 0 Å². The van der Waals surface area contributed by atoms with E-state index in [-0.39, 0.29) is 6.54 Å². The van der Waals surface area contributed by atoms with Crippen LogP contribution in [0.5, 0.6) is 0 Å². The first-order valence-corrected chi connectivity index (χ1v) is 4.76. The molecule has 0 aliphatic carbocycles. The second kappa shape index (κ2) is 7.09. The van der Waals surface area contributed by atoms with E-state index in [1.165, 1.54) is 0 Å². The van der Waals surface area contributed by atoms with Crippen LogP contribution < -0.4 is 5.73 Å². The Kier molecular flexibility index (Phi) is 6.95. The van der Waals surface area contributed by atoms with Crippen molar-refractivity contribution in [2.24, 2.45) is 5.73 Å². The summed E-state index contributed by atoms with van der Waals surface area (Å²) in [4.78, 5) is 0. The molecule has 0 bridgehead atoms. The van der Waals surface area contributed by atoms with Crippen molar-refractivity contribution in [1.29, 1.82) is 0 Å². The average Bonchev–Trinajstić information content (AvgIpc) is 2.32. The van der Waals surface area contributed by atoms with Crippen LogP contribution in [0, 0.1) is 0 Å². The monoisotopic (exact) mass is 241 g/mol. The highest BCUT2D eigenvalue weighted by molar-refractivity contribution is 4.87. The van der Waals surface area contributed by atoms with Gasteiger partial charge in [-0.15, -0.1) is 0 Å². The molecule has 16 heavy (non-hydrogen) atoms. The van der Waals surface area contributed by atoms with Gasteiger partial charge in [-0.05, 0) is 0 Å². The summed E-state index contributed by atoms with van der Waals surface area (Å²) < 4.78 is 0. The summed E-state index contributed by atoms with van der Waals surface area (Å²) in [5, 5.41) is 63.7. The van der Waals surface area contributed by atoms with Crippen molar-refractivity contribution in [3.8, 4) is 0 Å². The van der Waals surface area contributed by atoms with E-state index in [4.69, 9.17) is 21.1 Å². The third-order valence-corrected chi connectivity index (χ3v) is 2.27. The lowest BCUT2D eigenvalue weighted by molar-refractivity contribution is -0.156. The quantitative estimate of drug-likeness (QED) is 0.219. The molecule has 0 saturated heterocycles. The van der Waals surface area contributed by atoms with Gasteiger partial charge in [-0.1, -0.05) is 0 Å². The van der Waals surface area contributed by atoms with Crippen molar-refractivity contribution >= 4 is 0 Å². The van der Waals surface area contributed by atoms with Gasteiger partial charge in [0.05, 0.1) is 12.7 Å². The zero-order valence-corrected chi connectivity index (χ0v) is 8.59. The van der Waals surface area contributed by atoms with Crippen LogP contribution in [0.15, 0.2) is 0 Å². The zero-order chi connectivity index (χ0) is 12.9. The predicted molar refractivity (Wildman–Crippen MR) is 52.2 cm³/mol. The fraction of sp³-hybridized carbons (Fsp3) is 1.00. The molecule has 0 aromatic rings. The molecule has 8 nitrogen and oxygen atoms in total. The fourth-order valence-corrected chi connectivity index (χ4v) is 1.11. The molecule has 0 aromatic carbocycles. The zero-order valence-electron chi connectivity index (χ0n) is 8.59. The van der Waals surface area contributed by atoms with Crippen molar-refractivity contribution in [1.82, 2.24) is 0 Å². The van der Waals surface area contributed by atoms with Gasteiger partial charge >= 0.3 is 0 Å². The Balaban J connectivity index is 4.41. The van der Waals surface area contributed by atoms with Gasteiger partial charge in [-0.3, -0.25) is 0 Å². The Morgan fingerprint density at radius 3 is 1.38 bits per heavy atom. The van der Waals surface area contributed by atoms with E-state index in [1.54, 1.807) is 0 Å². The molecule has 0 aliphatic heterocycles. The normalized spacial score (nSPS) is 23.2. The lowest BCUT2D eigenvalue weighted by atomic mass is 9.96. The van der Waals surface area contributed by atoms with Gasteiger partial charge in [0.25, 0.3) is 0 Å². The number of aliphatic hydroxyl groups excluding tert-OH is 7. The molecule has 0 radical (unpaired) electrons. The highest BCUT2D eigenvalue weighted by Gasteiger charge is 2.36. The molecule has 0 saturated carbocycles. The molecule has 8 heteroatoms. The maximum absolute atomic E-state index is 9.33. The van der Waals surface area contributed by atoms with Crippen LogP contribution in [-0.2, 0) is 0 Å². The van der Waals surface area contributed by atoms with Gasteiger partial charge in [0.15, 0.2) is 0 Å². The first-order valence-electron chi connectivity index (χ1n) is 4.76. The standard InChI is InChI=1S/C8H19NO7/c9-1-3(11)5(13)7(15)8(16)6(14)4(12)2-10/h3-8,10-16H,1-2,9H2/t3-,4-,5-,6+,7-,8-/m0/s1. The summed E-state index contributed by atoms with van der Waals surface area (Å²) in [5.74, 6) is 0. The van der Waals surface area contributed by atoms with Crippen LogP contribution in [0.3, 0.4) is 0 Å². The molecule has 9 N–H and O–H groups in total. The molecule has 0 aromatic heterocycles. The van der Waals surface area contributed by atoms with Gasteiger partial charge in [0.2, 0.25) is 0 Å². The molecule has 0 fully saturated rings. The molecule has 0 spiro atoms. The van der Waals surface area contributed by atoms with E-state index in [0.29, 0.717) is 0 Å². The lowest BCUT2D eigenvalue weighted by Gasteiger charge is -2.30. The Morgan fingerprint density at radius 1 is 0.688 bits per heavy atom. The Labute approximate surface area is 92.2 Å². The topological polar surface area (TPSA) is 168 Å². The Morgan fingerprint density at radius 2 is 1.06 bits per heavy atom. The summed E-state index contributed by atoms with van der Waals surface area (Å²) in [6.45, 7) is -1.16. The molecule has 0 amide bonds. The molecule has 0 aliphatic rings. The minimum atomic E-state index is -1.92. The Bertz CT molecular complexity index is 173. The molecule has 0 heterocycles. The second-order valence-corrected chi connectivity index (χ2v) is 3.52. The van der Waals surface area contributed by atoms with E-state index >= 15 is 0 Å². The molecule has 0 unspecified atom stereocenters. The first-order chi connectivity index (χ1) is 7.36. The summed E-state index contributed by atoms with van der Waals surface area (Å²) in [6.07, 6.45) is -10.6. The summed E-state index contributed by atoms with van der Waals surface area (Å²) in [7, 11) is 0. The highest BCUT2D eigenvalue weighted by atomic mass is 16.4. The number of aliphatic hydroxyl groups is 7. The Hall–Kier alpha value is -0.320. The largest absolute Gasteiger partial charge is 0.394 e. The molecule has 98 valence electrons. The first kappa shape index (κ1) is 15.7. The highest BCUT2D eigenvalue weighted by Crippen LogP contribution is 2.10. The van der Waals surface area contributed by atoms with Crippen LogP contribution in [0.4, 0.5) is 0 Å². The number of hydrogen-bond donors (Lipinski definition) is 8. The number of hydrogen-bond acceptors (Lipinski definition) is 8. The second-order valence-electron chi connectivity index (χ2n) is 3.52. The molecular formula is C8H19NO7. The van der Waals surface area contributed by atoms with Crippen LogP contribution in [0.25, 0.3) is 0 Å². The van der Waals surface area contributed by atoms with Crippen molar-refractivity contribution in [3.63, 3.8) is 0 Å². The van der Waals surface area contributed by atoms with Crippen molar-refractivity contribution < 1.29 is 35.7 Å². The molecular weight excluding hydrogens is 222 g/mol. The van der Waals surface area contributed by atoms with E-state index < -0.39 is 43.2 Å².